The molecule has 2 amide bonds. The molecule has 1 saturated heterocycles. The molecule has 0 bridgehead atoms. The van der Waals surface area contributed by atoms with Gasteiger partial charge in [-0.05, 0) is 32.4 Å². The number of imide groups is 1. The van der Waals surface area contributed by atoms with Crippen LogP contribution in [0, 0.1) is 0 Å². The number of carbonyl (C=O) groups is 2. The van der Waals surface area contributed by atoms with Crippen molar-refractivity contribution in [3.05, 3.63) is 0 Å². The van der Waals surface area contributed by atoms with E-state index in [1.165, 1.54) is 13.5 Å². The lowest BCUT2D eigenvalue weighted by Gasteiger charge is -2.34. The van der Waals surface area contributed by atoms with Crippen molar-refractivity contribution in [2.75, 3.05) is 26.7 Å². The summed E-state index contributed by atoms with van der Waals surface area (Å²) in [6.45, 7) is 1.75. The number of hydrogen-bond donors (Lipinski definition) is 2. The summed E-state index contributed by atoms with van der Waals surface area (Å²) >= 11 is 0. The van der Waals surface area contributed by atoms with Crippen LogP contribution in [0.2, 0.25) is 0 Å². The zero-order valence-corrected chi connectivity index (χ0v) is 10.3. The molecule has 0 aromatic carbocycles. The van der Waals surface area contributed by atoms with Crippen molar-refractivity contribution >= 4 is 12.0 Å². The lowest BCUT2D eigenvalue weighted by Crippen LogP contribution is -2.47. The van der Waals surface area contributed by atoms with E-state index in [4.69, 9.17) is 5.73 Å². The minimum atomic E-state index is -0.706. The first-order valence-corrected chi connectivity index (χ1v) is 5.99. The molecule has 1 unspecified atom stereocenters. The zero-order chi connectivity index (χ0) is 12.7. The largest absolute Gasteiger partial charge is 0.453 e. The first-order chi connectivity index (χ1) is 8.17. The molecule has 1 aliphatic rings. The Labute approximate surface area is 101 Å². The monoisotopic (exact) mass is 243 g/mol. The number of likely N-dealkylation sites (tertiary alicyclic amines) is 1. The predicted molar refractivity (Wildman–Crippen MR) is 63.4 cm³/mol. The van der Waals surface area contributed by atoms with E-state index in [9.17, 15) is 9.59 Å². The fourth-order valence-electron chi connectivity index (χ4n) is 2.18. The van der Waals surface area contributed by atoms with Gasteiger partial charge >= 0.3 is 6.09 Å². The van der Waals surface area contributed by atoms with Gasteiger partial charge in [-0.1, -0.05) is 6.42 Å². The van der Waals surface area contributed by atoms with Gasteiger partial charge in [0.05, 0.1) is 13.7 Å². The van der Waals surface area contributed by atoms with E-state index in [1.807, 2.05) is 0 Å². The molecule has 1 fully saturated rings. The maximum absolute atomic E-state index is 11.5. The Morgan fingerprint density at radius 3 is 2.88 bits per heavy atom. The zero-order valence-electron chi connectivity index (χ0n) is 10.3. The van der Waals surface area contributed by atoms with E-state index in [2.05, 4.69) is 15.0 Å². The molecular weight excluding hydrogens is 222 g/mol. The quantitative estimate of drug-likeness (QED) is 0.730. The minimum absolute atomic E-state index is 0.236. The SMILES string of the molecule is COC(=O)NC(=O)CN1CCCCC1CCN. The Balaban J connectivity index is 2.41. The van der Waals surface area contributed by atoms with Crippen molar-refractivity contribution in [2.45, 2.75) is 31.7 Å². The Kier molecular flexibility index (Phi) is 5.93. The van der Waals surface area contributed by atoms with Crippen molar-refractivity contribution in [1.82, 2.24) is 10.2 Å². The third-order valence-corrected chi connectivity index (χ3v) is 3.02. The maximum atomic E-state index is 11.5. The molecule has 0 aliphatic carbocycles. The van der Waals surface area contributed by atoms with Gasteiger partial charge in [-0.15, -0.1) is 0 Å². The van der Waals surface area contributed by atoms with E-state index in [0.29, 0.717) is 12.6 Å². The van der Waals surface area contributed by atoms with Gasteiger partial charge in [-0.25, -0.2) is 4.79 Å². The van der Waals surface area contributed by atoms with Crippen molar-refractivity contribution < 1.29 is 14.3 Å². The third-order valence-electron chi connectivity index (χ3n) is 3.02. The highest BCUT2D eigenvalue weighted by atomic mass is 16.5. The second-order valence-electron chi connectivity index (χ2n) is 4.24. The second kappa shape index (κ2) is 7.24. The highest BCUT2D eigenvalue weighted by molar-refractivity contribution is 5.92. The van der Waals surface area contributed by atoms with E-state index in [0.717, 1.165) is 25.8 Å². The summed E-state index contributed by atoms with van der Waals surface area (Å²) in [5.41, 5.74) is 5.55. The number of nitrogens with two attached hydrogens (primary N) is 1. The van der Waals surface area contributed by atoms with Crippen LogP contribution in [0.4, 0.5) is 4.79 Å². The Morgan fingerprint density at radius 1 is 1.47 bits per heavy atom. The highest BCUT2D eigenvalue weighted by Gasteiger charge is 2.24. The third kappa shape index (κ3) is 4.70. The predicted octanol–water partition coefficient (Wildman–Crippen LogP) is 0.0723. The number of methoxy groups -OCH3 is 1. The van der Waals surface area contributed by atoms with Gasteiger partial charge in [0.1, 0.15) is 0 Å². The van der Waals surface area contributed by atoms with Gasteiger partial charge in [0.25, 0.3) is 0 Å². The van der Waals surface area contributed by atoms with Crippen LogP contribution in [0.25, 0.3) is 0 Å². The van der Waals surface area contributed by atoms with Crippen molar-refractivity contribution in [3.8, 4) is 0 Å². The van der Waals surface area contributed by atoms with Crippen molar-refractivity contribution in [3.63, 3.8) is 0 Å². The number of amides is 2. The number of alkyl carbamates (subject to hydrolysis) is 1. The fourth-order valence-corrected chi connectivity index (χ4v) is 2.18. The van der Waals surface area contributed by atoms with Crippen molar-refractivity contribution in [2.24, 2.45) is 5.73 Å². The Bertz CT molecular complexity index is 269. The van der Waals surface area contributed by atoms with Crippen LogP contribution in [0.1, 0.15) is 25.7 Å². The molecule has 0 saturated carbocycles. The van der Waals surface area contributed by atoms with E-state index in [1.54, 1.807) is 0 Å². The number of ether oxygens (including phenoxy) is 1. The number of piperidine rings is 1. The molecule has 0 aromatic rings. The number of hydrogen-bond acceptors (Lipinski definition) is 5. The molecular formula is C11H21N3O3. The lowest BCUT2D eigenvalue weighted by molar-refractivity contribution is -0.122. The number of carbonyl (C=O) groups excluding carboxylic acids is 2. The smallest absolute Gasteiger partial charge is 0.413 e. The normalized spacial score (nSPS) is 20.9. The van der Waals surface area contributed by atoms with Gasteiger partial charge in [-0.3, -0.25) is 15.0 Å². The molecule has 3 N–H and O–H groups in total. The summed E-state index contributed by atoms with van der Waals surface area (Å²) in [6, 6.07) is 0.358. The van der Waals surface area contributed by atoms with Crippen LogP contribution < -0.4 is 11.1 Å². The van der Waals surface area contributed by atoms with E-state index >= 15 is 0 Å². The Morgan fingerprint density at radius 2 is 2.24 bits per heavy atom. The summed E-state index contributed by atoms with van der Waals surface area (Å²) < 4.78 is 4.37. The maximum Gasteiger partial charge on any atom is 0.413 e. The van der Waals surface area contributed by atoms with Crippen LogP contribution in [0.15, 0.2) is 0 Å². The molecule has 1 rings (SSSR count). The fraction of sp³-hybridized carbons (Fsp3) is 0.818. The Hall–Kier alpha value is -1.14. The lowest BCUT2D eigenvalue weighted by atomic mass is 9.99. The van der Waals surface area contributed by atoms with Crippen LogP contribution >= 0.6 is 0 Å². The average Bonchev–Trinajstić information content (AvgIpc) is 2.31. The summed E-state index contributed by atoms with van der Waals surface area (Å²) in [5.74, 6) is -0.319. The molecule has 6 heteroatoms. The first kappa shape index (κ1) is 13.9. The van der Waals surface area contributed by atoms with Crippen LogP contribution in [0.3, 0.4) is 0 Å². The highest BCUT2D eigenvalue weighted by Crippen LogP contribution is 2.18. The minimum Gasteiger partial charge on any atom is -0.453 e. The van der Waals surface area contributed by atoms with Crippen LogP contribution in [-0.4, -0.2) is 49.7 Å². The van der Waals surface area contributed by atoms with Crippen LogP contribution in [-0.2, 0) is 9.53 Å². The number of nitrogens with zero attached hydrogens (tertiary/aromatic N) is 1. The van der Waals surface area contributed by atoms with E-state index < -0.39 is 6.09 Å². The molecule has 1 atom stereocenters. The molecule has 98 valence electrons. The van der Waals surface area contributed by atoms with Gasteiger partial charge in [0, 0.05) is 6.04 Å². The summed E-state index contributed by atoms with van der Waals surface area (Å²) in [7, 11) is 1.24. The van der Waals surface area contributed by atoms with Crippen LogP contribution in [0.5, 0.6) is 0 Å². The molecule has 1 aliphatic heterocycles. The molecule has 0 radical (unpaired) electrons. The molecule has 0 aromatic heterocycles. The number of nitrogens with one attached hydrogen (secondary N) is 1. The standard InChI is InChI=1S/C11H21N3O3/c1-17-11(16)13-10(15)8-14-7-3-2-4-9(14)5-6-12/h9H,2-8,12H2,1H3,(H,13,15,16). The summed E-state index contributed by atoms with van der Waals surface area (Å²) in [6.07, 6.45) is 3.53. The van der Waals surface area contributed by atoms with Gasteiger partial charge in [0.2, 0.25) is 5.91 Å². The van der Waals surface area contributed by atoms with E-state index in [-0.39, 0.29) is 12.5 Å². The molecule has 1 heterocycles. The summed E-state index contributed by atoms with van der Waals surface area (Å²) in [4.78, 5) is 24.5. The van der Waals surface area contributed by atoms with Gasteiger partial charge in [0.15, 0.2) is 0 Å². The molecule has 17 heavy (non-hydrogen) atoms. The van der Waals surface area contributed by atoms with Crippen molar-refractivity contribution in [1.29, 1.82) is 0 Å². The first-order valence-electron chi connectivity index (χ1n) is 5.99. The topological polar surface area (TPSA) is 84.7 Å². The second-order valence-corrected chi connectivity index (χ2v) is 4.24. The molecule has 0 spiro atoms. The van der Waals surface area contributed by atoms with Gasteiger partial charge < -0.3 is 10.5 Å². The van der Waals surface area contributed by atoms with Gasteiger partial charge in [-0.2, -0.15) is 0 Å². The molecule has 6 nitrogen and oxygen atoms in total. The number of rotatable bonds is 4. The summed E-state index contributed by atoms with van der Waals surface area (Å²) in [5, 5.41) is 2.17. The average molecular weight is 243 g/mol.